The van der Waals surface area contributed by atoms with Gasteiger partial charge >= 0.3 is 0 Å². The first-order valence-electron chi connectivity index (χ1n) is 7.41. The molecule has 2 aromatic carbocycles. The molecule has 0 aliphatic heterocycles. The highest BCUT2D eigenvalue weighted by Gasteiger charge is 2.11. The topological polar surface area (TPSA) is 29.1 Å². The van der Waals surface area contributed by atoms with Crippen molar-refractivity contribution in [1.29, 1.82) is 0 Å². The van der Waals surface area contributed by atoms with E-state index in [1.165, 1.54) is 0 Å². The minimum atomic E-state index is 0.0376. The normalized spacial score (nSPS) is 11.2. The van der Waals surface area contributed by atoms with Crippen molar-refractivity contribution in [1.82, 2.24) is 5.32 Å². The minimum Gasteiger partial charge on any atom is -0.382 e. The van der Waals surface area contributed by atoms with Gasteiger partial charge in [0.1, 0.15) is 0 Å². The molecule has 0 spiro atoms. The molecule has 0 aliphatic rings. The summed E-state index contributed by atoms with van der Waals surface area (Å²) in [5.41, 5.74) is 2.39. The third-order valence-corrected chi connectivity index (χ3v) is 3.24. The largest absolute Gasteiger partial charge is 0.382 e. The van der Waals surface area contributed by atoms with Crippen LogP contribution in [0.2, 0.25) is 0 Å². The first-order chi connectivity index (χ1) is 10.3. The summed E-state index contributed by atoms with van der Waals surface area (Å²) in [5, 5.41) is 3.28. The quantitative estimate of drug-likeness (QED) is 0.465. The van der Waals surface area contributed by atoms with E-state index in [0.717, 1.165) is 24.9 Å². The molecule has 0 aromatic heterocycles. The van der Waals surface area contributed by atoms with Crippen LogP contribution >= 0.6 is 0 Å². The molecule has 2 heteroatoms. The van der Waals surface area contributed by atoms with Crippen LogP contribution in [0.4, 0.5) is 0 Å². The highest BCUT2D eigenvalue weighted by Crippen LogP contribution is 2.11. The first kappa shape index (κ1) is 15.0. The second kappa shape index (κ2) is 8.05. The number of carbonyl (C=O) groups is 1. The third kappa shape index (κ3) is 4.60. The van der Waals surface area contributed by atoms with E-state index in [1.54, 1.807) is 0 Å². The molecular weight excluding hydrogens is 258 g/mol. The van der Waals surface area contributed by atoms with Crippen LogP contribution in [0.1, 0.15) is 35.7 Å². The smallest absolute Gasteiger partial charge is 0.208 e. The van der Waals surface area contributed by atoms with Crippen molar-refractivity contribution in [2.75, 3.05) is 6.54 Å². The lowest BCUT2D eigenvalue weighted by Crippen LogP contribution is -2.21. The number of ketones is 1. The van der Waals surface area contributed by atoms with Gasteiger partial charge in [0, 0.05) is 12.1 Å². The summed E-state index contributed by atoms with van der Waals surface area (Å²) in [6.45, 7) is 2.95. The fourth-order valence-electron chi connectivity index (χ4n) is 2.06. The van der Waals surface area contributed by atoms with Crippen molar-refractivity contribution in [2.45, 2.75) is 19.8 Å². The number of hydrogen-bond acceptors (Lipinski definition) is 2. The van der Waals surface area contributed by atoms with Crippen LogP contribution in [0.15, 0.2) is 66.4 Å². The Morgan fingerprint density at radius 2 is 1.62 bits per heavy atom. The molecule has 1 N–H and O–H groups in total. The molecule has 2 rings (SSSR count). The lowest BCUT2D eigenvalue weighted by Gasteiger charge is -2.10. The number of allylic oxidation sites excluding steroid dienone is 1. The van der Waals surface area contributed by atoms with Crippen LogP contribution in [0.5, 0.6) is 0 Å². The number of nitrogens with one attached hydrogen (secondary N) is 1. The van der Waals surface area contributed by atoms with Crippen molar-refractivity contribution >= 4 is 11.9 Å². The molecule has 0 unspecified atom stereocenters. The number of Topliss-reactive ketones (excluding diaryl/α,β-unsaturated/α-hetero) is 1. The molecular formula is C19H21NO. The average molecular weight is 279 g/mol. The Kier molecular flexibility index (Phi) is 5.77. The standard InChI is InChI=1S/C19H21NO/c1-2-3-14-20-18(15-16-10-6-4-7-11-16)19(21)17-12-8-5-9-13-17/h4-13,15,20H,2-3,14H2,1H3. The van der Waals surface area contributed by atoms with Gasteiger partial charge in [-0.1, -0.05) is 74.0 Å². The molecule has 0 heterocycles. The van der Waals surface area contributed by atoms with E-state index >= 15 is 0 Å². The van der Waals surface area contributed by atoms with E-state index in [4.69, 9.17) is 0 Å². The molecule has 108 valence electrons. The lowest BCUT2D eigenvalue weighted by molar-refractivity contribution is 0.102. The zero-order valence-corrected chi connectivity index (χ0v) is 12.4. The number of unbranched alkanes of at least 4 members (excludes halogenated alkanes) is 1. The Morgan fingerprint density at radius 1 is 1.00 bits per heavy atom. The van der Waals surface area contributed by atoms with Gasteiger partial charge in [0.25, 0.3) is 0 Å². The maximum Gasteiger partial charge on any atom is 0.208 e. The molecule has 0 aliphatic carbocycles. The summed E-state index contributed by atoms with van der Waals surface area (Å²) in [4.78, 5) is 12.6. The molecule has 0 atom stereocenters. The Balaban J connectivity index is 2.23. The van der Waals surface area contributed by atoms with Crippen LogP contribution in [-0.4, -0.2) is 12.3 Å². The predicted molar refractivity (Wildman–Crippen MR) is 88.1 cm³/mol. The van der Waals surface area contributed by atoms with Gasteiger partial charge in [-0.15, -0.1) is 0 Å². The van der Waals surface area contributed by atoms with Gasteiger partial charge < -0.3 is 5.32 Å². The zero-order chi connectivity index (χ0) is 14.9. The molecule has 0 fully saturated rings. The Bertz CT molecular complexity index is 587. The van der Waals surface area contributed by atoms with Gasteiger partial charge in [-0.05, 0) is 18.1 Å². The summed E-state index contributed by atoms with van der Waals surface area (Å²) in [6, 6.07) is 19.3. The number of carbonyl (C=O) groups excluding carboxylic acids is 1. The maximum absolute atomic E-state index is 12.6. The average Bonchev–Trinajstić information content (AvgIpc) is 2.55. The summed E-state index contributed by atoms with van der Waals surface area (Å²) < 4.78 is 0. The highest BCUT2D eigenvalue weighted by molar-refractivity contribution is 6.10. The zero-order valence-electron chi connectivity index (χ0n) is 12.4. The SMILES string of the molecule is CCCCNC(=Cc1ccccc1)C(=O)c1ccccc1. The van der Waals surface area contributed by atoms with Crippen molar-refractivity contribution in [3.8, 4) is 0 Å². The number of hydrogen-bond donors (Lipinski definition) is 1. The van der Waals surface area contributed by atoms with Crippen LogP contribution < -0.4 is 5.32 Å². The number of rotatable bonds is 7. The summed E-state index contributed by atoms with van der Waals surface area (Å²) in [6.07, 6.45) is 4.07. The van der Waals surface area contributed by atoms with E-state index in [1.807, 2.05) is 66.7 Å². The molecule has 2 aromatic rings. The fourth-order valence-corrected chi connectivity index (χ4v) is 2.06. The highest BCUT2D eigenvalue weighted by atomic mass is 16.1. The number of benzene rings is 2. The van der Waals surface area contributed by atoms with E-state index in [0.29, 0.717) is 11.3 Å². The van der Waals surface area contributed by atoms with Crippen LogP contribution in [0.25, 0.3) is 6.08 Å². The van der Waals surface area contributed by atoms with Gasteiger partial charge in [-0.2, -0.15) is 0 Å². The Morgan fingerprint density at radius 3 is 2.24 bits per heavy atom. The molecule has 2 nitrogen and oxygen atoms in total. The summed E-state index contributed by atoms with van der Waals surface area (Å²) >= 11 is 0. The lowest BCUT2D eigenvalue weighted by atomic mass is 10.1. The molecule has 21 heavy (non-hydrogen) atoms. The molecule has 0 saturated carbocycles. The van der Waals surface area contributed by atoms with Gasteiger partial charge in [0.2, 0.25) is 5.78 Å². The molecule has 0 bridgehead atoms. The molecule has 0 amide bonds. The van der Waals surface area contributed by atoms with E-state index in [-0.39, 0.29) is 5.78 Å². The van der Waals surface area contributed by atoms with E-state index in [2.05, 4.69) is 12.2 Å². The van der Waals surface area contributed by atoms with Crippen molar-refractivity contribution in [3.05, 3.63) is 77.5 Å². The maximum atomic E-state index is 12.6. The van der Waals surface area contributed by atoms with Crippen molar-refractivity contribution in [2.24, 2.45) is 0 Å². The van der Waals surface area contributed by atoms with E-state index < -0.39 is 0 Å². The predicted octanol–water partition coefficient (Wildman–Crippen LogP) is 4.30. The second-order valence-corrected chi connectivity index (χ2v) is 4.94. The van der Waals surface area contributed by atoms with Crippen LogP contribution in [0.3, 0.4) is 0 Å². The fraction of sp³-hybridized carbons (Fsp3) is 0.211. The molecule has 0 radical (unpaired) electrons. The summed E-state index contributed by atoms with van der Waals surface area (Å²) in [7, 11) is 0. The monoisotopic (exact) mass is 279 g/mol. The first-order valence-corrected chi connectivity index (χ1v) is 7.41. The minimum absolute atomic E-state index is 0.0376. The van der Waals surface area contributed by atoms with Gasteiger partial charge in [-0.3, -0.25) is 4.79 Å². The Hall–Kier alpha value is -2.35. The van der Waals surface area contributed by atoms with E-state index in [9.17, 15) is 4.79 Å². The van der Waals surface area contributed by atoms with Crippen LogP contribution in [0, 0.1) is 0 Å². The summed E-state index contributed by atoms with van der Waals surface area (Å²) in [5.74, 6) is 0.0376. The van der Waals surface area contributed by atoms with Gasteiger partial charge in [0.05, 0.1) is 5.70 Å². The van der Waals surface area contributed by atoms with Crippen LogP contribution in [-0.2, 0) is 0 Å². The van der Waals surface area contributed by atoms with Crippen molar-refractivity contribution in [3.63, 3.8) is 0 Å². The Labute approximate surface area is 126 Å². The van der Waals surface area contributed by atoms with Crippen molar-refractivity contribution < 1.29 is 4.79 Å². The second-order valence-electron chi connectivity index (χ2n) is 4.94. The van der Waals surface area contributed by atoms with Gasteiger partial charge in [-0.25, -0.2) is 0 Å². The molecule has 0 saturated heterocycles. The third-order valence-electron chi connectivity index (χ3n) is 3.24. The van der Waals surface area contributed by atoms with Gasteiger partial charge in [0.15, 0.2) is 0 Å².